The number of rotatable bonds is 3. The lowest BCUT2D eigenvalue weighted by molar-refractivity contribution is 0.208. The van der Waals surface area contributed by atoms with Gasteiger partial charge in [-0.2, -0.15) is 5.10 Å². The van der Waals surface area contributed by atoms with Gasteiger partial charge in [0.15, 0.2) is 5.82 Å². The molecule has 25 heavy (non-hydrogen) atoms. The van der Waals surface area contributed by atoms with E-state index in [2.05, 4.69) is 20.4 Å². The first-order chi connectivity index (χ1) is 12.0. The molecule has 1 aromatic carbocycles. The molecule has 1 aliphatic rings. The molecule has 1 fully saturated rings. The van der Waals surface area contributed by atoms with E-state index in [9.17, 15) is 4.79 Å². The van der Waals surface area contributed by atoms with Crippen molar-refractivity contribution in [3.05, 3.63) is 41.6 Å². The summed E-state index contributed by atoms with van der Waals surface area (Å²) < 4.78 is 0. The Labute approximate surface area is 152 Å². The highest BCUT2D eigenvalue weighted by atomic mass is 35.5. The number of urea groups is 1. The lowest BCUT2D eigenvalue weighted by atomic mass is 10.3. The number of nitrogens with zero attached hydrogens (tertiary/aromatic N) is 5. The number of piperazine rings is 1. The van der Waals surface area contributed by atoms with Crippen LogP contribution in [-0.4, -0.2) is 61.4 Å². The number of carbonyl (C=O) groups excluding carboxylic acids is 1. The van der Waals surface area contributed by atoms with Crippen LogP contribution in [0.2, 0.25) is 5.02 Å². The lowest BCUT2D eigenvalue weighted by Gasteiger charge is -2.35. The first-order valence-electron chi connectivity index (χ1n) is 8.09. The van der Waals surface area contributed by atoms with E-state index in [0.717, 1.165) is 11.5 Å². The Kier molecular flexibility index (Phi) is 5.23. The van der Waals surface area contributed by atoms with Gasteiger partial charge in [-0.25, -0.2) is 4.79 Å². The van der Waals surface area contributed by atoms with Crippen molar-refractivity contribution in [1.82, 2.24) is 15.1 Å². The normalized spacial score (nSPS) is 14.4. The number of anilines is 3. The van der Waals surface area contributed by atoms with E-state index in [4.69, 9.17) is 11.6 Å². The van der Waals surface area contributed by atoms with Gasteiger partial charge in [-0.15, -0.1) is 5.10 Å². The molecule has 2 amide bonds. The Hall–Kier alpha value is -2.54. The van der Waals surface area contributed by atoms with Gasteiger partial charge in [0, 0.05) is 57.1 Å². The van der Waals surface area contributed by atoms with E-state index in [1.165, 1.54) is 0 Å². The highest BCUT2D eigenvalue weighted by molar-refractivity contribution is 6.30. The maximum Gasteiger partial charge on any atom is 0.321 e. The summed E-state index contributed by atoms with van der Waals surface area (Å²) in [5, 5.41) is 11.7. The Bertz CT molecular complexity index is 745. The van der Waals surface area contributed by atoms with Crippen LogP contribution in [0.15, 0.2) is 36.5 Å². The standard InChI is InChI=1S/C17H21ClN6O/c1-22(2)15-11-16(21-19-12-15)23-6-8-24(9-7-23)17(25)20-14-5-3-4-13(18)10-14/h3-5,10-12H,6-9H2,1-2H3,(H,20,25). The zero-order valence-electron chi connectivity index (χ0n) is 14.3. The summed E-state index contributed by atoms with van der Waals surface area (Å²) in [6, 6.07) is 9.04. The number of benzene rings is 1. The SMILES string of the molecule is CN(C)c1cnnc(N2CCN(C(=O)Nc3cccc(Cl)c3)CC2)c1. The van der Waals surface area contributed by atoms with Crippen molar-refractivity contribution in [3.63, 3.8) is 0 Å². The first-order valence-corrected chi connectivity index (χ1v) is 8.47. The second kappa shape index (κ2) is 7.57. The van der Waals surface area contributed by atoms with E-state index in [-0.39, 0.29) is 6.03 Å². The molecule has 2 aromatic rings. The van der Waals surface area contributed by atoms with Gasteiger partial charge in [0.25, 0.3) is 0 Å². The van der Waals surface area contributed by atoms with Crippen molar-refractivity contribution in [3.8, 4) is 0 Å². The lowest BCUT2D eigenvalue weighted by Crippen LogP contribution is -2.50. The smallest absolute Gasteiger partial charge is 0.321 e. The highest BCUT2D eigenvalue weighted by Gasteiger charge is 2.22. The molecule has 1 aliphatic heterocycles. The molecule has 0 atom stereocenters. The molecule has 1 N–H and O–H groups in total. The molecule has 3 rings (SSSR count). The molecular formula is C17H21ClN6O. The number of carbonyl (C=O) groups is 1. The van der Waals surface area contributed by atoms with Crippen molar-refractivity contribution < 1.29 is 4.79 Å². The summed E-state index contributed by atoms with van der Waals surface area (Å²) in [4.78, 5) is 18.3. The maximum absolute atomic E-state index is 12.4. The number of nitrogens with one attached hydrogen (secondary N) is 1. The fourth-order valence-electron chi connectivity index (χ4n) is 2.65. The maximum atomic E-state index is 12.4. The quantitative estimate of drug-likeness (QED) is 0.911. The Morgan fingerprint density at radius 3 is 2.64 bits per heavy atom. The van der Waals surface area contributed by atoms with Crippen LogP contribution in [0.3, 0.4) is 0 Å². The third-order valence-electron chi connectivity index (χ3n) is 4.11. The largest absolute Gasteiger partial charge is 0.376 e. The molecule has 132 valence electrons. The summed E-state index contributed by atoms with van der Waals surface area (Å²) in [6.45, 7) is 2.68. The van der Waals surface area contributed by atoms with Gasteiger partial charge in [-0.3, -0.25) is 0 Å². The molecule has 1 aromatic heterocycles. The van der Waals surface area contributed by atoms with Crippen LogP contribution in [0.4, 0.5) is 22.0 Å². The minimum absolute atomic E-state index is 0.116. The molecule has 0 unspecified atom stereocenters. The van der Waals surface area contributed by atoms with Gasteiger partial charge < -0.3 is 20.0 Å². The molecule has 2 heterocycles. The van der Waals surface area contributed by atoms with Crippen molar-refractivity contribution in [1.29, 1.82) is 0 Å². The van der Waals surface area contributed by atoms with Crippen LogP contribution in [0.5, 0.6) is 0 Å². The molecule has 1 saturated heterocycles. The fraction of sp³-hybridized carbons (Fsp3) is 0.353. The molecule has 0 spiro atoms. The van der Waals surface area contributed by atoms with Gasteiger partial charge in [0.05, 0.1) is 11.9 Å². The number of hydrogen-bond acceptors (Lipinski definition) is 5. The summed E-state index contributed by atoms with van der Waals surface area (Å²) in [6.07, 6.45) is 1.73. The summed E-state index contributed by atoms with van der Waals surface area (Å²) >= 11 is 5.95. The summed E-state index contributed by atoms with van der Waals surface area (Å²) in [5.74, 6) is 0.834. The number of aromatic nitrogens is 2. The predicted octanol–water partition coefficient (Wildman–Crippen LogP) is 2.55. The molecule has 0 saturated carbocycles. The third kappa shape index (κ3) is 4.30. The van der Waals surface area contributed by atoms with E-state index >= 15 is 0 Å². The molecule has 0 radical (unpaired) electrons. The summed E-state index contributed by atoms with van der Waals surface area (Å²) in [7, 11) is 3.94. The molecule has 0 bridgehead atoms. The van der Waals surface area contributed by atoms with Crippen LogP contribution < -0.4 is 15.1 Å². The molecule has 8 heteroatoms. The fourth-order valence-corrected chi connectivity index (χ4v) is 2.84. The summed E-state index contributed by atoms with van der Waals surface area (Å²) in [5.41, 5.74) is 1.70. The molecule has 0 aliphatic carbocycles. The monoisotopic (exact) mass is 360 g/mol. The van der Waals surface area contributed by atoms with Crippen molar-refractivity contribution in [2.24, 2.45) is 0 Å². The van der Waals surface area contributed by atoms with Crippen LogP contribution in [0.1, 0.15) is 0 Å². The average Bonchev–Trinajstić information content (AvgIpc) is 2.62. The highest BCUT2D eigenvalue weighted by Crippen LogP contribution is 2.19. The zero-order chi connectivity index (χ0) is 17.8. The van der Waals surface area contributed by atoms with Gasteiger partial charge in [-0.05, 0) is 18.2 Å². The number of amides is 2. The van der Waals surface area contributed by atoms with E-state index in [0.29, 0.717) is 36.9 Å². The van der Waals surface area contributed by atoms with E-state index in [1.807, 2.05) is 37.2 Å². The van der Waals surface area contributed by atoms with Crippen LogP contribution >= 0.6 is 11.6 Å². The second-order valence-electron chi connectivity index (χ2n) is 6.08. The van der Waals surface area contributed by atoms with Crippen LogP contribution in [0.25, 0.3) is 0 Å². The van der Waals surface area contributed by atoms with Crippen molar-refractivity contribution >= 4 is 34.8 Å². The minimum Gasteiger partial charge on any atom is -0.376 e. The zero-order valence-corrected chi connectivity index (χ0v) is 15.1. The topological polar surface area (TPSA) is 64.6 Å². The predicted molar refractivity (Wildman–Crippen MR) is 101 cm³/mol. The van der Waals surface area contributed by atoms with Crippen LogP contribution in [0, 0.1) is 0 Å². The Balaban J connectivity index is 1.58. The molecule has 7 nitrogen and oxygen atoms in total. The first kappa shape index (κ1) is 17.3. The van der Waals surface area contributed by atoms with Crippen LogP contribution in [-0.2, 0) is 0 Å². The van der Waals surface area contributed by atoms with E-state index in [1.54, 1.807) is 23.2 Å². The second-order valence-corrected chi connectivity index (χ2v) is 6.52. The van der Waals surface area contributed by atoms with E-state index < -0.39 is 0 Å². The van der Waals surface area contributed by atoms with Crippen molar-refractivity contribution in [2.45, 2.75) is 0 Å². The Morgan fingerprint density at radius 1 is 1.20 bits per heavy atom. The van der Waals surface area contributed by atoms with Gasteiger partial charge in [0.2, 0.25) is 0 Å². The number of halogens is 1. The van der Waals surface area contributed by atoms with Gasteiger partial charge in [0.1, 0.15) is 0 Å². The van der Waals surface area contributed by atoms with Gasteiger partial charge in [-0.1, -0.05) is 17.7 Å². The van der Waals surface area contributed by atoms with Crippen molar-refractivity contribution in [2.75, 3.05) is 55.4 Å². The third-order valence-corrected chi connectivity index (χ3v) is 4.35. The Morgan fingerprint density at radius 2 is 1.96 bits per heavy atom. The number of hydrogen-bond donors (Lipinski definition) is 1. The average molecular weight is 361 g/mol. The molecular weight excluding hydrogens is 340 g/mol. The minimum atomic E-state index is -0.116. The van der Waals surface area contributed by atoms with Gasteiger partial charge >= 0.3 is 6.03 Å².